The van der Waals surface area contributed by atoms with Crippen molar-refractivity contribution in [1.82, 2.24) is 0 Å². The van der Waals surface area contributed by atoms with Gasteiger partial charge in [-0.2, -0.15) is 0 Å². The number of hydrogen-bond donors (Lipinski definition) is 0. The maximum atomic E-state index is 13.2. The van der Waals surface area contributed by atoms with Gasteiger partial charge >= 0.3 is 5.97 Å². The first-order valence-electron chi connectivity index (χ1n) is 13.1. The minimum atomic E-state index is -0.426. The molecule has 0 saturated carbocycles. The van der Waals surface area contributed by atoms with E-state index in [9.17, 15) is 4.79 Å². The average Bonchev–Trinajstić information content (AvgIpc) is 3.32. The molecule has 1 saturated heterocycles. The van der Waals surface area contributed by atoms with Crippen LogP contribution in [0.25, 0.3) is 0 Å². The molecule has 0 amide bonds. The van der Waals surface area contributed by atoms with Gasteiger partial charge in [0.2, 0.25) is 0 Å². The van der Waals surface area contributed by atoms with Crippen LogP contribution in [-0.2, 0) is 33.2 Å². The summed E-state index contributed by atoms with van der Waals surface area (Å²) in [5.74, 6) is 0.492. The molecule has 0 N–H and O–H groups in total. The van der Waals surface area contributed by atoms with E-state index in [1.165, 1.54) is 5.56 Å². The normalized spacial score (nSPS) is 20.5. The van der Waals surface area contributed by atoms with Crippen molar-refractivity contribution in [3.8, 4) is 0 Å². The zero-order valence-corrected chi connectivity index (χ0v) is 23.3. The van der Waals surface area contributed by atoms with Gasteiger partial charge in [0.1, 0.15) is 6.10 Å². The van der Waals surface area contributed by atoms with E-state index in [-0.39, 0.29) is 21.9 Å². The standard InChI is InChI=1S/C33H32O4S2/c34-32(28-19-11-4-12-20-28)37-31-30(36-22-26-15-7-2-8-16-26)29(23-35-21-25-13-5-1-6-14-25)39-33(31)38-24-27-17-9-3-10-18-27/h1-20,29-31,33H,21-24H2/t29-,30-,31+,33-/m0/s1. The van der Waals surface area contributed by atoms with Crippen LogP contribution < -0.4 is 0 Å². The fourth-order valence-electron chi connectivity index (χ4n) is 4.44. The number of carbonyl (C=O) groups is 1. The fraction of sp³-hybridized carbons (Fsp3) is 0.242. The lowest BCUT2D eigenvalue weighted by molar-refractivity contribution is -0.0566. The molecule has 1 fully saturated rings. The molecule has 4 aromatic rings. The van der Waals surface area contributed by atoms with Crippen molar-refractivity contribution in [1.29, 1.82) is 0 Å². The second kappa shape index (κ2) is 14.4. The number of ether oxygens (including phenoxy) is 3. The van der Waals surface area contributed by atoms with E-state index in [4.69, 9.17) is 14.2 Å². The average molecular weight is 557 g/mol. The minimum absolute atomic E-state index is 0.00367. The molecule has 4 nitrogen and oxygen atoms in total. The molecule has 39 heavy (non-hydrogen) atoms. The third-order valence-corrected chi connectivity index (χ3v) is 9.58. The summed E-state index contributed by atoms with van der Waals surface area (Å²) in [5, 5.41) is 0.0132. The van der Waals surface area contributed by atoms with E-state index in [0.717, 1.165) is 16.9 Å². The van der Waals surface area contributed by atoms with E-state index < -0.39 is 6.10 Å². The van der Waals surface area contributed by atoms with E-state index >= 15 is 0 Å². The highest BCUT2D eigenvalue weighted by molar-refractivity contribution is 8.17. The van der Waals surface area contributed by atoms with Crippen molar-refractivity contribution < 1.29 is 19.0 Å². The van der Waals surface area contributed by atoms with Crippen LogP contribution in [0.15, 0.2) is 121 Å². The summed E-state index contributed by atoms with van der Waals surface area (Å²) in [6, 6.07) is 39.8. The lowest BCUT2D eigenvalue weighted by Crippen LogP contribution is -2.39. The van der Waals surface area contributed by atoms with Crippen LogP contribution in [0.4, 0.5) is 0 Å². The molecule has 0 radical (unpaired) electrons. The first kappa shape index (κ1) is 27.5. The Morgan fingerprint density at radius 1 is 0.667 bits per heavy atom. The van der Waals surface area contributed by atoms with Gasteiger partial charge < -0.3 is 14.2 Å². The highest BCUT2D eigenvalue weighted by Crippen LogP contribution is 2.45. The van der Waals surface area contributed by atoms with Gasteiger partial charge in [-0.05, 0) is 28.8 Å². The lowest BCUT2D eigenvalue weighted by atomic mass is 10.1. The van der Waals surface area contributed by atoms with E-state index in [1.807, 2.05) is 60.7 Å². The van der Waals surface area contributed by atoms with Crippen LogP contribution >= 0.6 is 23.5 Å². The van der Waals surface area contributed by atoms with Crippen LogP contribution in [0.5, 0.6) is 0 Å². The molecule has 0 aliphatic carbocycles. The summed E-state index contributed by atoms with van der Waals surface area (Å²) in [6.45, 7) is 1.47. The summed E-state index contributed by atoms with van der Waals surface area (Å²) in [6.07, 6.45) is -0.739. The molecule has 5 rings (SSSR count). The number of thioether (sulfide) groups is 2. The fourth-order valence-corrected chi connectivity index (χ4v) is 7.61. The molecule has 0 unspecified atom stereocenters. The van der Waals surface area contributed by atoms with Crippen molar-refractivity contribution in [3.05, 3.63) is 144 Å². The first-order valence-corrected chi connectivity index (χ1v) is 15.1. The third kappa shape index (κ3) is 7.99. The maximum Gasteiger partial charge on any atom is 0.338 e. The summed E-state index contributed by atoms with van der Waals surface area (Å²) in [7, 11) is 0. The largest absolute Gasteiger partial charge is 0.454 e. The van der Waals surface area contributed by atoms with Crippen molar-refractivity contribution in [2.75, 3.05) is 6.61 Å². The second-order valence-electron chi connectivity index (χ2n) is 9.34. The predicted molar refractivity (Wildman–Crippen MR) is 160 cm³/mol. The number of esters is 1. The number of carbonyl (C=O) groups excluding carboxylic acids is 1. The van der Waals surface area contributed by atoms with Crippen LogP contribution in [0.2, 0.25) is 0 Å². The summed E-state index contributed by atoms with van der Waals surface area (Å²) < 4.78 is 19.0. The van der Waals surface area contributed by atoms with Crippen LogP contribution in [0.1, 0.15) is 27.0 Å². The van der Waals surface area contributed by atoms with Gasteiger partial charge in [-0.3, -0.25) is 0 Å². The van der Waals surface area contributed by atoms with Crippen molar-refractivity contribution in [3.63, 3.8) is 0 Å². The molecular weight excluding hydrogens is 524 g/mol. The summed E-state index contributed by atoms with van der Waals surface area (Å²) in [4.78, 5) is 13.2. The molecular formula is C33H32O4S2. The smallest absolute Gasteiger partial charge is 0.338 e. The van der Waals surface area contributed by atoms with Gasteiger partial charge in [0.15, 0.2) is 6.10 Å². The lowest BCUT2D eigenvalue weighted by Gasteiger charge is -2.26. The Bertz CT molecular complexity index is 1270. The van der Waals surface area contributed by atoms with Crippen LogP contribution in [0, 0.1) is 0 Å². The zero-order chi connectivity index (χ0) is 26.7. The predicted octanol–water partition coefficient (Wildman–Crippen LogP) is 7.39. The Morgan fingerprint density at radius 3 is 1.82 bits per heavy atom. The van der Waals surface area contributed by atoms with E-state index in [0.29, 0.717) is 25.4 Å². The highest BCUT2D eigenvalue weighted by Gasteiger charge is 2.48. The Morgan fingerprint density at radius 2 is 1.21 bits per heavy atom. The van der Waals surface area contributed by atoms with Gasteiger partial charge in [-0.25, -0.2) is 4.79 Å². The van der Waals surface area contributed by atoms with Crippen LogP contribution in [-0.4, -0.2) is 34.6 Å². The second-order valence-corrected chi connectivity index (χ2v) is 12.2. The van der Waals surface area contributed by atoms with Gasteiger partial charge in [0.05, 0.1) is 35.2 Å². The molecule has 1 heterocycles. The molecule has 0 bridgehead atoms. The molecule has 1 aliphatic rings. The highest BCUT2D eigenvalue weighted by atomic mass is 32.2. The molecule has 4 atom stereocenters. The minimum Gasteiger partial charge on any atom is -0.454 e. The molecule has 0 spiro atoms. The van der Waals surface area contributed by atoms with Crippen molar-refractivity contribution in [2.24, 2.45) is 0 Å². The summed E-state index contributed by atoms with van der Waals surface area (Å²) in [5.41, 5.74) is 3.99. The van der Waals surface area contributed by atoms with Gasteiger partial charge in [0, 0.05) is 5.75 Å². The van der Waals surface area contributed by atoms with E-state index in [2.05, 4.69) is 48.5 Å². The Hall–Kier alpha value is -3.03. The SMILES string of the molecule is O=C(O[C@H]1[C@@H](SCc2ccccc2)S[C@@H](COCc2ccccc2)[C@@H]1OCc1ccccc1)c1ccccc1. The van der Waals surface area contributed by atoms with Crippen molar-refractivity contribution in [2.45, 2.75) is 41.0 Å². The molecule has 6 heteroatoms. The monoisotopic (exact) mass is 556 g/mol. The zero-order valence-electron chi connectivity index (χ0n) is 21.6. The Balaban J connectivity index is 1.34. The topological polar surface area (TPSA) is 44.8 Å². The molecule has 200 valence electrons. The number of hydrogen-bond acceptors (Lipinski definition) is 6. The Kier molecular flexibility index (Phi) is 10.2. The van der Waals surface area contributed by atoms with Gasteiger partial charge in [0.25, 0.3) is 0 Å². The van der Waals surface area contributed by atoms with Gasteiger partial charge in [-0.1, -0.05) is 109 Å². The summed E-state index contributed by atoms with van der Waals surface area (Å²) >= 11 is 3.58. The maximum absolute atomic E-state index is 13.2. The van der Waals surface area contributed by atoms with Crippen molar-refractivity contribution >= 4 is 29.5 Å². The third-order valence-electron chi connectivity index (χ3n) is 6.46. The number of benzene rings is 4. The van der Waals surface area contributed by atoms with Crippen LogP contribution in [0.3, 0.4) is 0 Å². The molecule has 0 aromatic heterocycles. The molecule has 4 aromatic carbocycles. The molecule has 1 aliphatic heterocycles. The first-order chi connectivity index (χ1) is 19.3. The van der Waals surface area contributed by atoms with Gasteiger partial charge in [-0.15, -0.1) is 23.5 Å². The Labute approximate surface area is 239 Å². The van der Waals surface area contributed by atoms with E-state index in [1.54, 1.807) is 35.7 Å². The quantitative estimate of drug-likeness (QED) is 0.170. The number of rotatable bonds is 12.